The van der Waals surface area contributed by atoms with Crippen molar-refractivity contribution in [2.75, 3.05) is 0 Å². The highest BCUT2D eigenvalue weighted by Gasteiger charge is 2.58. The van der Waals surface area contributed by atoms with Gasteiger partial charge in [0.2, 0.25) is 0 Å². The van der Waals surface area contributed by atoms with Gasteiger partial charge in [-0.15, -0.1) is 0 Å². The van der Waals surface area contributed by atoms with E-state index in [1.807, 2.05) is 0 Å². The Bertz CT molecular complexity index is 1960. The number of hydroxylamine groups is 2. The molecule has 0 saturated heterocycles. The number of carbonyl (C=O) groups is 5. The summed E-state index contributed by atoms with van der Waals surface area (Å²) in [6, 6.07) is 9.31. The van der Waals surface area contributed by atoms with Crippen molar-refractivity contribution >= 4 is 35.5 Å². The first kappa shape index (κ1) is 38.6. The molecule has 1 heterocycles. The number of aromatic hydroxyl groups is 2. The van der Waals surface area contributed by atoms with Crippen molar-refractivity contribution < 1.29 is 68.3 Å². The van der Waals surface area contributed by atoms with Crippen LogP contribution >= 0.6 is 0 Å². The zero-order valence-electron chi connectivity index (χ0n) is 29.4. The maximum atomic E-state index is 13.8. The molecule has 52 heavy (non-hydrogen) atoms. The van der Waals surface area contributed by atoms with E-state index in [1.54, 1.807) is 20.8 Å². The van der Waals surface area contributed by atoms with E-state index in [0.717, 1.165) is 13.8 Å². The van der Waals surface area contributed by atoms with Crippen molar-refractivity contribution in [3.63, 3.8) is 0 Å². The Morgan fingerprint density at radius 2 is 1.33 bits per heavy atom. The highest BCUT2D eigenvalue weighted by atomic mass is 16.7. The number of benzene rings is 3. The Labute approximate surface area is 297 Å². The van der Waals surface area contributed by atoms with E-state index >= 15 is 0 Å². The molecule has 3 aromatic carbocycles. The van der Waals surface area contributed by atoms with Gasteiger partial charge in [0.25, 0.3) is 5.91 Å². The van der Waals surface area contributed by atoms with Crippen LogP contribution in [0.25, 0.3) is 22.3 Å². The van der Waals surface area contributed by atoms with Crippen LogP contribution in [0.4, 0.5) is 0 Å². The van der Waals surface area contributed by atoms with E-state index < -0.39 is 76.1 Å². The molecule has 4 rings (SSSR count). The molecule has 4 N–H and O–H groups in total. The Morgan fingerprint density at radius 3 is 1.81 bits per heavy atom. The first-order valence-corrected chi connectivity index (χ1v) is 16.1. The van der Waals surface area contributed by atoms with Crippen LogP contribution in [-0.2, 0) is 24.0 Å². The van der Waals surface area contributed by atoms with Crippen LogP contribution < -0.4 is 23.7 Å². The first-order chi connectivity index (χ1) is 24.5. The summed E-state index contributed by atoms with van der Waals surface area (Å²) in [6.07, 6.45) is 0.574. The summed E-state index contributed by atoms with van der Waals surface area (Å²) in [4.78, 5) is 63.2. The van der Waals surface area contributed by atoms with Crippen LogP contribution in [0.2, 0.25) is 0 Å². The minimum atomic E-state index is -2.43. The van der Waals surface area contributed by atoms with Crippen LogP contribution in [-0.4, -0.2) is 66.9 Å². The van der Waals surface area contributed by atoms with Gasteiger partial charge in [0.15, 0.2) is 34.5 Å². The molecule has 3 atom stereocenters. The van der Waals surface area contributed by atoms with Crippen molar-refractivity contribution in [1.82, 2.24) is 5.06 Å². The number of nitrogens with zero attached hydrogens (tertiary/aromatic N) is 2. The lowest BCUT2D eigenvalue weighted by molar-refractivity contribution is -0.258. The lowest BCUT2D eigenvalue weighted by atomic mass is 9.91. The smallest absolute Gasteiger partial charge is 0.380 e. The molecule has 3 aromatic rings. The average molecular weight is 723 g/mol. The predicted molar refractivity (Wildman–Crippen MR) is 180 cm³/mol. The Hall–Kier alpha value is -6.16. The number of oxime groups is 1. The van der Waals surface area contributed by atoms with Gasteiger partial charge >= 0.3 is 29.6 Å². The Morgan fingerprint density at radius 1 is 0.808 bits per heavy atom. The standard InChI is InChI=1S/C36H38N2O14/c1-8-17(3)29(37-46)34(44)38(47)36(18(4)9-2)35(45)51-26-16-23(12-15-25(26)52-36)28-31(43)30(42)27(22-10-13-24(14-11-22)48-19(5)39)32(49-20(6)40)33(28)50-21(7)41/h10-18,42-43,46-47H,8-9H2,1-7H3. The summed E-state index contributed by atoms with van der Waals surface area (Å²) >= 11 is 0. The molecule has 1 amide bonds. The highest BCUT2D eigenvalue weighted by molar-refractivity contribution is 6.39. The molecule has 0 aliphatic carbocycles. The number of ether oxygens (including phenoxy) is 5. The first-order valence-electron chi connectivity index (χ1n) is 16.1. The maximum absolute atomic E-state index is 13.8. The van der Waals surface area contributed by atoms with Gasteiger partial charge in [-0.3, -0.25) is 24.4 Å². The van der Waals surface area contributed by atoms with Gasteiger partial charge in [-0.1, -0.05) is 51.0 Å². The van der Waals surface area contributed by atoms with Crippen LogP contribution in [0, 0.1) is 11.8 Å². The van der Waals surface area contributed by atoms with Crippen molar-refractivity contribution in [3.8, 4) is 62.5 Å². The van der Waals surface area contributed by atoms with Crippen molar-refractivity contribution in [1.29, 1.82) is 0 Å². The van der Waals surface area contributed by atoms with Gasteiger partial charge < -0.3 is 39.1 Å². The summed E-state index contributed by atoms with van der Waals surface area (Å²) in [6.45, 7) is 9.84. The molecule has 3 unspecified atom stereocenters. The Kier molecular flexibility index (Phi) is 11.4. The van der Waals surface area contributed by atoms with E-state index in [2.05, 4.69) is 5.16 Å². The molecule has 1 aliphatic rings. The zero-order chi connectivity index (χ0) is 38.7. The summed E-state index contributed by atoms with van der Waals surface area (Å²) in [5.74, 6) is -9.14. The third kappa shape index (κ3) is 7.18. The van der Waals surface area contributed by atoms with Gasteiger partial charge in [0.05, 0.1) is 11.1 Å². The fraction of sp³-hybridized carbons (Fsp3) is 0.333. The summed E-state index contributed by atoms with van der Waals surface area (Å²) in [7, 11) is 0. The number of amides is 1. The van der Waals surface area contributed by atoms with E-state index in [0.29, 0.717) is 6.42 Å². The molecule has 16 heteroatoms. The number of rotatable bonds is 11. The normalized spacial score (nSPS) is 16.4. The van der Waals surface area contributed by atoms with E-state index in [-0.39, 0.29) is 51.0 Å². The summed E-state index contributed by atoms with van der Waals surface area (Å²) in [5.41, 5.74) is -3.36. The molecule has 16 nitrogen and oxygen atoms in total. The molecule has 0 aromatic heterocycles. The second-order valence-electron chi connectivity index (χ2n) is 12.0. The highest BCUT2D eigenvalue weighted by Crippen LogP contribution is 2.57. The molecule has 0 spiro atoms. The third-order valence-electron chi connectivity index (χ3n) is 8.44. The van der Waals surface area contributed by atoms with Gasteiger partial charge in [0, 0.05) is 32.6 Å². The van der Waals surface area contributed by atoms with Gasteiger partial charge in [-0.25, -0.2) is 4.79 Å². The van der Waals surface area contributed by atoms with E-state index in [4.69, 9.17) is 23.7 Å². The monoisotopic (exact) mass is 722 g/mol. The van der Waals surface area contributed by atoms with Crippen molar-refractivity contribution in [2.45, 2.75) is 67.0 Å². The van der Waals surface area contributed by atoms with Gasteiger partial charge in [-0.2, -0.15) is 5.06 Å². The van der Waals surface area contributed by atoms with Crippen LogP contribution in [0.1, 0.15) is 61.3 Å². The third-order valence-corrected chi connectivity index (χ3v) is 8.44. The minimum Gasteiger partial charge on any atom is -0.504 e. The van der Waals surface area contributed by atoms with Gasteiger partial charge in [0.1, 0.15) is 11.5 Å². The number of phenolic OH excluding ortho intramolecular Hbond substituents is 2. The van der Waals surface area contributed by atoms with Gasteiger partial charge in [-0.05, 0) is 48.2 Å². The molecular formula is C36H38N2O14. The maximum Gasteiger partial charge on any atom is 0.380 e. The summed E-state index contributed by atoms with van der Waals surface area (Å²) < 4.78 is 27.6. The van der Waals surface area contributed by atoms with Crippen LogP contribution in [0.5, 0.6) is 40.2 Å². The lowest BCUT2D eigenvalue weighted by Crippen LogP contribution is -2.67. The largest absolute Gasteiger partial charge is 0.504 e. The number of carbonyl (C=O) groups excluding carboxylic acids is 5. The topological polar surface area (TPSA) is 228 Å². The van der Waals surface area contributed by atoms with Crippen molar-refractivity contribution in [2.24, 2.45) is 17.0 Å². The van der Waals surface area contributed by atoms with E-state index in [9.17, 15) is 44.6 Å². The fourth-order valence-electron chi connectivity index (χ4n) is 5.48. The average Bonchev–Trinajstić information content (AvgIpc) is 3.09. The minimum absolute atomic E-state index is 0.0381. The number of hydrogen-bond donors (Lipinski definition) is 4. The number of fused-ring (bicyclic) bond motifs is 1. The Balaban J connectivity index is 1.91. The molecule has 0 saturated carbocycles. The molecule has 276 valence electrons. The second-order valence-corrected chi connectivity index (χ2v) is 12.0. The molecule has 0 fully saturated rings. The predicted octanol–water partition coefficient (Wildman–Crippen LogP) is 5.34. The number of esters is 4. The molecule has 0 bridgehead atoms. The number of hydrogen-bond acceptors (Lipinski definition) is 15. The lowest BCUT2D eigenvalue weighted by Gasteiger charge is -2.43. The summed E-state index contributed by atoms with van der Waals surface area (Å²) in [5, 5.41) is 46.7. The molecule has 1 aliphatic heterocycles. The van der Waals surface area contributed by atoms with E-state index in [1.165, 1.54) is 56.3 Å². The zero-order valence-corrected chi connectivity index (χ0v) is 29.4. The SMILES string of the molecule is CCC(C)C(=NO)C(=O)N(O)C1(C(C)CC)Oc2ccc(-c3c(O)c(O)c(-c4ccc(OC(C)=O)cc4)c(OC(C)=O)c3OC(C)=O)cc2OC1=O. The second kappa shape index (κ2) is 15.4. The van der Waals surface area contributed by atoms with Crippen LogP contribution in [0.15, 0.2) is 47.6 Å². The quantitative estimate of drug-likeness (QED) is 0.0373. The number of phenols is 2. The van der Waals surface area contributed by atoms with Crippen LogP contribution in [0.3, 0.4) is 0 Å². The fourth-order valence-corrected chi connectivity index (χ4v) is 5.48. The molecule has 0 radical (unpaired) electrons. The molecular weight excluding hydrogens is 684 g/mol. The van der Waals surface area contributed by atoms with Crippen molar-refractivity contribution in [3.05, 3.63) is 42.5 Å².